The van der Waals surface area contributed by atoms with Crippen LogP contribution in [0.2, 0.25) is 0 Å². The maximum Gasteiger partial charge on any atom is 0.308 e. The zero-order valence-corrected chi connectivity index (χ0v) is 16.3. The molecule has 2 aromatic carbocycles. The third-order valence-corrected chi connectivity index (χ3v) is 3.61. The topological polar surface area (TPSA) is 81.2 Å². The number of methoxy groups -OCH3 is 2. The summed E-state index contributed by atoms with van der Waals surface area (Å²) in [7, 11) is 2.95. The number of benzene rings is 2. The number of nitrogens with zero attached hydrogens (tertiary/aromatic N) is 1. The van der Waals surface area contributed by atoms with Gasteiger partial charge in [0.1, 0.15) is 0 Å². The number of hydrogen-bond donors (Lipinski definition) is 2. The molecule has 2 aromatic rings. The van der Waals surface area contributed by atoms with Crippen molar-refractivity contribution in [2.75, 3.05) is 19.5 Å². The molecule has 0 saturated carbocycles. The Hall–Kier alpha value is -3.13. The number of thiocarbonyl (C=S) groups is 1. The van der Waals surface area contributed by atoms with Gasteiger partial charge in [-0.2, -0.15) is 5.10 Å². The summed E-state index contributed by atoms with van der Waals surface area (Å²) >= 11 is 5.21. The van der Waals surface area contributed by atoms with Gasteiger partial charge in [0.15, 0.2) is 16.6 Å². The predicted octanol–water partition coefficient (Wildman–Crippen LogP) is 3.26. The van der Waals surface area contributed by atoms with E-state index < -0.39 is 5.97 Å². The Morgan fingerprint density at radius 2 is 1.70 bits per heavy atom. The minimum atomic E-state index is -0.470. The van der Waals surface area contributed by atoms with Crippen molar-refractivity contribution in [3.8, 4) is 17.2 Å². The molecule has 142 valence electrons. The van der Waals surface area contributed by atoms with Gasteiger partial charge in [0.05, 0.1) is 20.4 Å². The fourth-order valence-corrected chi connectivity index (χ4v) is 2.35. The van der Waals surface area contributed by atoms with Crippen LogP contribution in [-0.4, -0.2) is 31.5 Å². The number of anilines is 1. The summed E-state index contributed by atoms with van der Waals surface area (Å²) in [6, 6.07) is 11.2. The number of hydrazone groups is 1. The second-order valence-corrected chi connectivity index (χ2v) is 5.95. The fourth-order valence-electron chi connectivity index (χ4n) is 2.18. The molecule has 8 heteroatoms. The fraction of sp³-hybridized carbons (Fsp3) is 0.211. The summed E-state index contributed by atoms with van der Waals surface area (Å²) in [5.74, 6) is 0.453. The maximum atomic E-state index is 11.3. The van der Waals surface area contributed by atoms with E-state index in [-0.39, 0.29) is 5.75 Å². The standard InChI is InChI=1S/C19H21N3O4S/c1-12-5-7-15(8-6-12)21-19(27)22-20-11-14-9-16(24-3)18(26-13(2)23)17(10-14)25-4/h5-11H,1-4H3,(H2,21,22,27)/b20-11-. The third-order valence-electron chi connectivity index (χ3n) is 3.42. The van der Waals surface area contributed by atoms with Gasteiger partial charge in [-0.05, 0) is 43.4 Å². The molecule has 0 aliphatic carbocycles. The average Bonchev–Trinajstić information content (AvgIpc) is 2.64. The second-order valence-electron chi connectivity index (χ2n) is 5.54. The summed E-state index contributed by atoms with van der Waals surface area (Å²) < 4.78 is 15.7. The Kier molecular flexibility index (Phi) is 7.13. The molecule has 0 atom stereocenters. The molecule has 0 aromatic heterocycles. The quantitative estimate of drug-likeness (QED) is 0.259. The van der Waals surface area contributed by atoms with Crippen LogP contribution in [0.1, 0.15) is 18.1 Å². The van der Waals surface area contributed by atoms with E-state index in [4.69, 9.17) is 26.4 Å². The van der Waals surface area contributed by atoms with Gasteiger partial charge >= 0.3 is 5.97 Å². The lowest BCUT2D eigenvalue weighted by atomic mass is 10.2. The van der Waals surface area contributed by atoms with Crippen molar-refractivity contribution in [1.29, 1.82) is 0 Å². The van der Waals surface area contributed by atoms with Crippen LogP contribution in [-0.2, 0) is 4.79 Å². The first kappa shape index (κ1) is 20.2. The lowest BCUT2D eigenvalue weighted by molar-refractivity contribution is -0.132. The van der Waals surface area contributed by atoms with Crippen LogP contribution in [0.4, 0.5) is 5.69 Å². The minimum absolute atomic E-state index is 0.217. The Morgan fingerprint density at radius 3 is 2.22 bits per heavy atom. The first-order valence-corrected chi connectivity index (χ1v) is 8.45. The number of carbonyl (C=O) groups excluding carboxylic acids is 1. The van der Waals surface area contributed by atoms with Crippen molar-refractivity contribution in [2.24, 2.45) is 5.10 Å². The van der Waals surface area contributed by atoms with Gasteiger partial charge in [-0.3, -0.25) is 10.2 Å². The molecule has 27 heavy (non-hydrogen) atoms. The Bertz CT molecular complexity index is 826. The van der Waals surface area contributed by atoms with Crippen molar-refractivity contribution >= 4 is 35.2 Å². The normalized spacial score (nSPS) is 10.4. The van der Waals surface area contributed by atoms with Crippen LogP contribution < -0.4 is 25.0 Å². The lowest BCUT2D eigenvalue weighted by Crippen LogP contribution is -2.23. The molecule has 0 saturated heterocycles. The molecule has 2 rings (SSSR count). The van der Waals surface area contributed by atoms with Gasteiger partial charge in [-0.25, -0.2) is 0 Å². The van der Waals surface area contributed by atoms with E-state index in [2.05, 4.69) is 15.8 Å². The molecule has 0 fully saturated rings. The number of aryl methyl sites for hydroxylation is 1. The highest BCUT2D eigenvalue weighted by Crippen LogP contribution is 2.38. The van der Waals surface area contributed by atoms with Crippen LogP contribution in [0.5, 0.6) is 17.2 Å². The maximum absolute atomic E-state index is 11.3. The van der Waals surface area contributed by atoms with Crippen molar-refractivity contribution < 1.29 is 19.0 Å². The summed E-state index contributed by atoms with van der Waals surface area (Å²) in [6.07, 6.45) is 1.55. The van der Waals surface area contributed by atoms with Crippen LogP contribution in [0.15, 0.2) is 41.5 Å². The summed E-state index contributed by atoms with van der Waals surface area (Å²) in [5.41, 5.74) is 5.44. The lowest BCUT2D eigenvalue weighted by Gasteiger charge is -2.13. The summed E-state index contributed by atoms with van der Waals surface area (Å²) in [6.45, 7) is 3.32. The van der Waals surface area contributed by atoms with Crippen molar-refractivity contribution in [3.63, 3.8) is 0 Å². The van der Waals surface area contributed by atoms with Crippen molar-refractivity contribution in [3.05, 3.63) is 47.5 Å². The Morgan fingerprint density at radius 1 is 1.11 bits per heavy atom. The first-order valence-electron chi connectivity index (χ1n) is 8.04. The molecule has 0 unspecified atom stereocenters. The minimum Gasteiger partial charge on any atom is -0.493 e. The number of rotatable bonds is 6. The molecule has 0 spiro atoms. The van der Waals surface area contributed by atoms with Gasteiger partial charge in [-0.1, -0.05) is 17.7 Å². The van der Waals surface area contributed by atoms with E-state index in [9.17, 15) is 4.79 Å². The van der Waals surface area contributed by atoms with E-state index in [1.807, 2.05) is 31.2 Å². The zero-order chi connectivity index (χ0) is 19.8. The molecule has 0 aliphatic rings. The van der Waals surface area contributed by atoms with Gasteiger partial charge < -0.3 is 19.5 Å². The van der Waals surface area contributed by atoms with Crippen LogP contribution in [0.3, 0.4) is 0 Å². The molecular formula is C19H21N3O4S. The van der Waals surface area contributed by atoms with Gasteiger partial charge in [0, 0.05) is 18.2 Å². The van der Waals surface area contributed by atoms with Gasteiger partial charge in [0.25, 0.3) is 0 Å². The highest BCUT2D eigenvalue weighted by molar-refractivity contribution is 7.80. The van der Waals surface area contributed by atoms with Gasteiger partial charge in [0.2, 0.25) is 5.75 Å². The van der Waals surface area contributed by atoms with E-state index in [1.165, 1.54) is 21.1 Å². The smallest absolute Gasteiger partial charge is 0.308 e. The molecule has 0 bridgehead atoms. The van der Waals surface area contributed by atoms with Gasteiger partial charge in [-0.15, -0.1) is 0 Å². The predicted molar refractivity (Wildman–Crippen MR) is 109 cm³/mol. The van der Waals surface area contributed by atoms with E-state index in [0.717, 1.165) is 11.3 Å². The van der Waals surface area contributed by atoms with Crippen LogP contribution in [0.25, 0.3) is 0 Å². The highest BCUT2D eigenvalue weighted by atomic mass is 32.1. The van der Waals surface area contributed by atoms with Crippen LogP contribution in [0, 0.1) is 6.92 Å². The average molecular weight is 387 g/mol. The summed E-state index contributed by atoms with van der Waals surface area (Å²) in [4.78, 5) is 11.3. The number of nitrogens with one attached hydrogen (secondary N) is 2. The van der Waals surface area contributed by atoms with Crippen molar-refractivity contribution in [2.45, 2.75) is 13.8 Å². The largest absolute Gasteiger partial charge is 0.493 e. The third kappa shape index (κ3) is 5.96. The molecule has 2 N–H and O–H groups in total. The molecule has 0 heterocycles. The first-order chi connectivity index (χ1) is 12.9. The monoisotopic (exact) mass is 387 g/mol. The summed E-state index contributed by atoms with van der Waals surface area (Å²) in [5, 5.41) is 7.48. The Balaban J connectivity index is 2.08. The second kappa shape index (κ2) is 9.54. The highest BCUT2D eigenvalue weighted by Gasteiger charge is 2.15. The number of esters is 1. The van der Waals surface area contributed by atoms with E-state index >= 15 is 0 Å². The SMILES string of the molecule is COc1cc(/C=N\NC(=S)Nc2ccc(C)cc2)cc(OC)c1OC(C)=O. The van der Waals surface area contributed by atoms with Crippen LogP contribution >= 0.6 is 12.2 Å². The number of hydrogen-bond acceptors (Lipinski definition) is 6. The Labute approximate surface area is 163 Å². The van der Waals surface area contributed by atoms with E-state index in [1.54, 1.807) is 18.3 Å². The number of carbonyl (C=O) groups is 1. The molecule has 0 amide bonds. The molecule has 0 radical (unpaired) electrons. The molecule has 0 aliphatic heterocycles. The van der Waals surface area contributed by atoms with Crippen molar-refractivity contribution in [1.82, 2.24) is 5.43 Å². The van der Waals surface area contributed by atoms with E-state index in [0.29, 0.717) is 22.2 Å². The molecule has 7 nitrogen and oxygen atoms in total. The zero-order valence-electron chi connectivity index (χ0n) is 15.5. The molecular weight excluding hydrogens is 366 g/mol. The number of ether oxygens (including phenoxy) is 3.